The van der Waals surface area contributed by atoms with Gasteiger partial charge < -0.3 is 11.1 Å². The summed E-state index contributed by atoms with van der Waals surface area (Å²) in [5.74, 6) is -1.34. The van der Waals surface area contributed by atoms with Crippen molar-refractivity contribution in [2.24, 2.45) is 5.73 Å². The monoisotopic (exact) mass is 294 g/mol. The molecule has 0 saturated carbocycles. The van der Waals surface area contributed by atoms with Crippen molar-refractivity contribution in [3.8, 4) is 0 Å². The van der Waals surface area contributed by atoms with Crippen molar-refractivity contribution in [2.75, 3.05) is 5.32 Å². The summed E-state index contributed by atoms with van der Waals surface area (Å²) in [5, 5.41) is 10.3. The van der Waals surface area contributed by atoms with Crippen molar-refractivity contribution < 1.29 is 8.78 Å². The van der Waals surface area contributed by atoms with Crippen LogP contribution in [0.25, 0.3) is 0 Å². The molecule has 1 aromatic heterocycles. The number of aromatic nitrogens is 2. The van der Waals surface area contributed by atoms with E-state index in [1.54, 1.807) is 13.8 Å². The standard InChI is InChI=1S/C13H12F2N4S/c1-6-7(2)18-19-13(10(6)12(16)20)17-11-8(14)4-3-5-9(11)15/h3-5H,1-2H3,(H2,16,20)(H,17,19). The maximum atomic E-state index is 13.6. The molecule has 20 heavy (non-hydrogen) atoms. The van der Waals surface area contributed by atoms with Gasteiger partial charge in [-0.3, -0.25) is 0 Å². The molecule has 7 heteroatoms. The Bertz CT molecular complexity index is 668. The summed E-state index contributed by atoms with van der Waals surface area (Å²) in [6, 6.07) is 3.55. The molecule has 0 unspecified atom stereocenters. The van der Waals surface area contributed by atoms with Crippen LogP contribution in [0.3, 0.4) is 0 Å². The molecule has 0 bridgehead atoms. The molecule has 104 valence electrons. The lowest BCUT2D eigenvalue weighted by Gasteiger charge is -2.14. The van der Waals surface area contributed by atoms with Crippen LogP contribution < -0.4 is 11.1 Å². The van der Waals surface area contributed by atoms with Crippen LogP contribution in [0.15, 0.2) is 18.2 Å². The first-order chi connectivity index (χ1) is 9.41. The minimum atomic E-state index is -0.737. The molecule has 2 rings (SSSR count). The van der Waals surface area contributed by atoms with E-state index >= 15 is 0 Å². The van der Waals surface area contributed by atoms with E-state index in [9.17, 15) is 8.78 Å². The highest BCUT2D eigenvalue weighted by Crippen LogP contribution is 2.26. The SMILES string of the molecule is Cc1nnc(Nc2c(F)cccc2F)c(C(N)=S)c1C. The van der Waals surface area contributed by atoms with Gasteiger partial charge >= 0.3 is 0 Å². The van der Waals surface area contributed by atoms with Crippen LogP contribution in [-0.4, -0.2) is 15.2 Å². The van der Waals surface area contributed by atoms with Gasteiger partial charge in [0.2, 0.25) is 0 Å². The van der Waals surface area contributed by atoms with E-state index < -0.39 is 11.6 Å². The number of halogens is 2. The van der Waals surface area contributed by atoms with Crippen molar-refractivity contribution in [3.05, 3.63) is 46.7 Å². The highest BCUT2D eigenvalue weighted by molar-refractivity contribution is 7.80. The van der Waals surface area contributed by atoms with Gasteiger partial charge in [0.25, 0.3) is 0 Å². The second-order valence-electron chi connectivity index (χ2n) is 4.22. The lowest BCUT2D eigenvalue weighted by atomic mass is 10.1. The van der Waals surface area contributed by atoms with Gasteiger partial charge in [0.1, 0.15) is 22.3 Å². The third-order valence-corrected chi connectivity index (χ3v) is 3.11. The second-order valence-corrected chi connectivity index (χ2v) is 4.66. The molecule has 3 N–H and O–H groups in total. The average molecular weight is 294 g/mol. The number of benzene rings is 1. The van der Waals surface area contributed by atoms with Crippen molar-refractivity contribution >= 4 is 28.7 Å². The quantitative estimate of drug-likeness (QED) is 0.852. The van der Waals surface area contributed by atoms with Crippen LogP contribution in [0.2, 0.25) is 0 Å². The van der Waals surface area contributed by atoms with Crippen molar-refractivity contribution in [3.63, 3.8) is 0 Å². The van der Waals surface area contributed by atoms with E-state index in [2.05, 4.69) is 15.5 Å². The Morgan fingerprint density at radius 3 is 2.35 bits per heavy atom. The Balaban J connectivity index is 2.55. The first-order valence-electron chi connectivity index (χ1n) is 5.76. The van der Waals surface area contributed by atoms with E-state index in [0.717, 1.165) is 12.1 Å². The topological polar surface area (TPSA) is 63.8 Å². The number of nitrogens with one attached hydrogen (secondary N) is 1. The summed E-state index contributed by atoms with van der Waals surface area (Å²) in [7, 11) is 0. The Hall–Kier alpha value is -2.15. The van der Waals surface area contributed by atoms with Gasteiger partial charge in [-0.15, -0.1) is 5.10 Å². The Morgan fingerprint density at radius 1 is 1.20 bits per heavy atom. The molecule has 0 amide bonds. The van der Waals surface area contributed by atoms with Crippen LogP contribution in [0, 0.1) is 25.5 Å². The van der Waals surface area contributed by atoms with Gasteiger partial charge in [0, 0.05) is 0 Å². The molecule has 2 aromatic rings. The van der Waals surface area contributed by atoms with Crippen molar-refractivity contribution in [1.29, 1.82) is 0 Å². The van der Waals surface area contributed by atoms with Crippen LogP contribution in [0.4, 0.5) is 20.3 Å². The fraction of sp³-hybridized carbons (Fsp3) is 0.154. The molecule has 1 heterocycles. The molecule has 0 aliphatic rings. The molecule has 0 radical (unpaired) electrons. The molecule has 0 atom stereocenters. The van der Waals surface area contributed by atoms with Crippen LogP contribution >= 0.6 is 12.2 Å². The maximum absolute atomic E-state index is 13.6. The van der Waals surface area contributed by atoms with Gasteiger partial charge in [-0.2, -0.15) is 5.10 Å². The van der Waals surface area contributed by atoms with E-state index in [1.807, 2.05) is 0 Å². The van der Waals surface area contributed by atoms with Crippen molar-refractivity contribution in [2.45, 2.75) is 13.8 Å². The van der Waals surface area contributed by atoms with Crippen LogP contribution in [0.5, 0.6) is 0 Å². The number of anilines is 2. The summed E-state index contributed by atoms with van der Waals surface area (Å²) in [5.41, 5.74) is 7.12. The van der Waals surface area contributed by atoms with Crippen LogP contribution in [0.1, 0.15) is 16.8 Å². The Kier molecular flexibility index (Phi) is 3.89. The number of aryl methyl sites for hydroxylation is 1. The number of rotatable bonds is 3. The summed E-state index contributed by atoms with van der Waals surface area (Å²) in [4.78, 5) is 0.0831. The normalized spacial score (nSPS) is 10.4. The largest absolute Gasteiger partial charge is 0.389 e. The molecule has 0 spiro atoms. The Labute approximate surface area is 120 Å². The number of thiocarbonyl (C=S) groups is 1. The van der Waals surface area contributed by atoms with Gasteiger partial charge in [-0.25, -0.2) is 8.78 Å². The van der Waals surface area contributed by atoms with E-state index in [0.29, 0.717) is 16.8 Å². The second kappa shape index (κ2) is 5.46. The molecule has 1 aromatic carbocycles. The van der Waals surface area contributed by atoms with Crippen LogP contribution in [-0.2, 0) is 0 Å². The van der Waals surface area contributed by atoms with E-state index in [4.69, 9.17) is 18.0 Å². The lowest BCUT2D eigenvalue weighted by molar-refractivity contribution is 0.590. The predicted molar refractivity (Wildman–Crippen MR) is 77.0 cm³/mol. The zero-order chi connectivity index (χ0) is 14.9. The lowest BCUT2D eigenvalue weighted by Crippen LogP contribution is -2.17. The first kappa shape index (κ1) is 14.3. The summed E-state index contributed by atoms with van der Waals surface area (Å²) in [6.45, 7) is 3.51. The minimum Gasteiger partial charge on any atom is -0.389 e. The van der Waals surface area contributed by atoms with Gasteiger partial charge in [-0.05, 0) is 31.5 Å². The predicted octanol–water partition coefficient (Wildman–Crippen LogP) is 2.75. The molecular formula is C13H12F2N4S. The Morgan fingerprint density at radius 2 is 1.80 bits per heavy atom. The fourth-order valence-corrected chi connectivity index (χ4v) is 1.98. The highest BCUT2D eigenvalue weighted by Gasteiger charge is 2.16. The number of nitrogens with two attached hydrogens (primary N) is 1. The minimum absolute atomic E-state index is 0.0831. The zero-order valence-electron chi connectivity index (χ0n) is 10.9. The molecule has 0 saturated heterocycles. The van der Waals surface area contributed by atoms with Crippen molar-refractivity contribution in [1.82, 2.24) is 10.2 Å². The van der Waals surface area contributed by atoms with Gasteiger partial charge in [0.15, 0.2) is 5.82 Å². The molecule has 4 nitrogen and oxygen atoms in total. The average Bonchev–Trinajstić information content (AvgIpc) is 2.37. The number of hydrogen-bond acceptors (Lipinski definition) is 4. The highest BCUT2D eigenvalue weighted by atomic mass is 32.1. The van der Waals surface area contributed by atoms with Gasteiger partial charge in [0.05, 0.1) is 11.3 Å². The summed E-state index contributed by atoms with van der Waals surface area (Å²) >= 11 is 4.96. The van der Waals surface area contributed by atoms with E-state index in [1.165, 1.54) is 6.07 Å². The number of para-hydroxylation sites is 1. The molecule has 0 fully saturated rings. The third-order valence-electron chi connectivity index (χ3n) is 2.91. The molecule has 0 aliphatic carbocycles. The first-order valence-corrected chi connectivity index (χ1v) is 6.17. The smallest absolute Gasteiger partial charge is 0.163 e. The zero-order valence-corrected chi connectivity index (χ0v) is 11.7. The summed E-state index contributed by atoms with van der Waals surface area (Å²) < 4.78 is 27.3. The molecular weight excluding hydrogens is 282 g/mol. The van der Waals surface area contributed by atoms with Gasteiger partial charge in [-0.1, -0.05) is 18.3 Å². The third kappa shape index (κ3) is 2.57. The summed E-state index contributed by atoms with van der Waals surface area (Å²) in [6.07, 6.45) is 0. The number of nitrogens with zero attached hydrogens (tertiary/aromatic N) is 2. The van der Waals surface area contributed by atoms with E-state index in [-0.39, 0.29) is 16.5 Å². The number of hydrogen-bond donors (Lipinski definition) is 2. The molecule has 0 aliphatic heterocycles. The maximum Gasteiger partial charge on any atom is 0.163 e. The fourth-order valence-electron chi connectivity index (χ4n) is 1.73.